The summed E-state index contributed by atoms with van der Waals surface area (Å²) in [6, 6.07) is 5.37. The molecule has 0 aliphatic carbocycles. The third-order valence-electron chi connectivity index (χ3n) is 5.41. The number of rotatable bonds is 5. The first-order chi connectivity index (χ1) is 14.8. The number of nitrogens with zero attached hydrogens (tertiary/aromatic N) is 2. The summed E-state index contributed by atoms with van der Waals surface area (Å²) < 4.78 is 6.93. The number of aromatic nitrogens is 2. The molecular formula is C25H32N2O4S. The van der Waals surface area contributed by atoms with Crippen LogP contribution in [0, 0.1) is 6.92 Å². The Labute approximate surface area is 192 Å². The van der Waals surface area contributed by atoms with Crippen LogP contribution in [0.5, 0.6) is 5.75 Å². The van der Waals surface area contributed by atoms with E-state index in [0.717, 1.165) is 22.4 Å². The van der Waals surface area contributed by atoms with Gasteiger partial charge in [0.15, 0.2) is 4.96 Å². The van der Waals surface area contributed by atoms with Crippen molar-refractivity contribution in [2.45, 2.75) is 78.7 Å². The zero-order valence-corrected chi connectivity index (χ0v) is 20.7. The van der Waals surface area contributed by atoms with Crippen molar-refractivity contribution in [3.05, 3.63) is 62.0 Å². The maximum Gasteiger partial charge on any atom is 0.306 e. The van der Waals surface area contributed by atoms with Crippen molar-refractivity contribution >= 4 is 22.3 Å². The van der Waals surface area contributed by atoms with Crippen LogP contribution in [-0.4, -0.2) is 20.5 Å². The van der Waals surface area contributed by atoms with Gasteiger partial charge in [-0.25, -0.2) is 4.98 Å². The van der Waals surface area contributed by atoms with Gasteiger partial charge in [-0.05, 0) is 40.9 Å². The first kappa shape index (κ1) is 24.0. The average molecular weight is 457 g/mol. The summed E-state index contributed by atoms with van der Waals surface area (Å²) in [6.07, 6.45) is 0.710. The van der Waals surface area contributed by atoms with E-state index in [1.54, 1.807) is 4.40 Å². The summed E-state index contributed by atoms with van der Waals surface area (Å²) in [6.45, 7) is 14.2. The molecule has 6 nitrogen and oxygen atoms in total. The van der Waals surface area contributed by atoms with Gasteiger partial charge in [0.1, 0.15) is 12.4 Å². The van der Waals surface area contributed by atoms with E-state index in [4.69, 9.17) is 4.74 Å². The molecule has 0 aliphatic heterocycles. The van der Waals surface area contributed by atoms with Gasteiger partial charge in [0.2, 0.25) is 0 Å². The molecular weight excluding hydrogens is 424 g/mol. The number of phenols is 1. The molecule has 1 N–H and O–H groups in total. The van der Waals surface area contributed by atoms with E-state index in [1.807, 2.05) is 24.4 Å². The van der Waals surface area contributed by atoms with Crippen LogP contribution in [0.25, 0.3) is 4.96 Å². The summed E-state index contributed by atoms with van der Waals surface area (Å²) in [5.74, 6) is -0.0232. The van der Waals surface area contributed by atoms with Crippen molar-refractivity contribution in [3.63, 3.8) is 0 Å². The van der Waals surface area contributed by atoms with Crippen molar-refractivity contribution in [2.24, 2.45) is 0 Å². The van der Waals surface area contributed by atoms with Crippen LogP contribution >= 0.6 is 11.3 Å². The number of carbonyl (C=O) groups excluding carboxylic acids is 1. The fourth-order valence-corrected chi connectivity index (χ4v) is 4.52. The van der Waals surface area contributed by atoms with Gasteiger partial charge in [0.25, 0.3) is 5.56 Å². The number of hydrogen-bond donors (Lipinski definition) is 1. The van der Waals surface area contributed by atoms with Crippen LogP contribution in [0.2, 0.25) is 0 Å². The Morgan fingerprint density at radius 3 is 2.25 bits per heavy atom. The number of benzene rings is 1. The molecule has 0 fully saturated rings. The van der Waals surface area contributed by atoms with Gasteiger partial charge >= 0.3 is 5.97 Å². The van der Waals surface area contributed by atoms with E-state index in [0.29, 0.717) is 22.8 Å². The molecule has 0 saturated heterocycles. The van der Waals surface area contributed by atoms with Gasteiger partial charge in [-0.1, -0.05) is 53.7 Å². The molecule has 0 atom stereocenters. The standard InChI is InChI=1S/C25H32N2O4S/c1-15-14-32-23-26-17(12-20(28)27(15)23)13-31-21(29)9-8-16-10-18(24(2,3)4)22(30)19(11-16)25(5,6)7/h10-12,14,30H,8-9,13H2,1-7H3. The fourth-order valence-electron chi connectivity index (χ4n) is 3.63. The number of aryl methyl sites for hydroxylation is 2. The molecule has 0 bridgehead atoms. The number of fused-ring (bicyclic) bond motifs is 1. The number of thiazole rings is 1. The predicted octanol–water partition coefficient (Wildman–Crippen LogP) is 5.04. The van der Waals surface area contributed by atoms with Crippen molar-refractivity contribution in [1.29, 1.82) is 0 Å². The highest BCUT2D eigenvalue weighted by Crippen LogP contribution is 2.40. The minimum Gasteiger partial charge on any atom is -0.507 e. The minimum atomic E-state index is -0.350. The molecule has 3 rings (SSSR count). The molecule has 0 saturated carbocycles. The van der Waals surface area contributed by atoms with Gasteiger partial charge in [-0.2, -0.15) is 0 Å². The molecule has 2 aromatic heterocycles. The van der Waals surface area contributed by atoms with Gasteiger partial charge in [-0.15, -0.1) is 11.3 Å². The molecule has 0 radical (unpaired) electrons. The maximum absolute atomic E-state index is 12.4. The van der Waals surface area contributed by atoms with E-state index >= 15 is 0 Å². The van der Waals surface area contributed by atoms with E-state index in [-0.39, 0.29) is 35.4 Å². The molecule has 0 unspecified atom stereocenters. The maximum atomic E-state index is 12.4. The minimum absolute atomic E-state index is 0.0302. The van der Waals surface area contributed by atoms with Gasteiger partial charge < -0.3 is 9.84 Å². The van der Waals surface area contributed by atoms with Crippen LogP contribution in [-0.2, 0) is 33.4 Å². The molecule has 0 aliphatic rings. The molecule has 7 heteroatoms. The third kappa shape index (κ3) is 5.21. The number of carbonyl (C=O) groups is 1. The lowest BCUT2D eigenvalue weighted by Crippen LogP contribution is -2.18. The van der Waals surface area contributed by atoms with Crippen molar-refractivity contribution < 1.29 is 14.6 Å². The van der Waals surface area contributed by atoms with Crippen LogP contribution in [0.3, 0.4) is 0 Å². The quantitative estimate of drug-likeness (QED) is 0.544. The number of ether oxygens (including phenoxy) is 1. The molecule has 32 heavy (non-hydrogen) atoms. The highest BCUT2D eigenvalue weighted by Gasteiger charge is 2.26. The Morgan fingerprint density at radius 1 is 1.09 bits per heavy atom. The van der Waals surface area contributed by atoms with E-state index in [2.05, 4.69) is 46.5 Å². The number of phenolic OH excluding ortho intramolecular Hbond substituents is 1. The summed E-state index contributed by atoms with van der Waals surface area (Å²) in [5.41, 5.74) is 3.40. The largest absolute Gasteiger partial charge is 0.507 e. The molecule has 2 heterocycles. The number of hydrogen-bond acceptors (Lipinski definition) is 6. The first-order valence-electron chi connectivity index (χ1n) is 10.8. The summed E-state index contributed by atoms with van der Waals surface area (Å²) in [5, 5.41) is 12.7. The number of aromatic hydroxyl groups is 1. The molecule has 3 aromatic rings. The smallest absolute Gasteiger partial charge is 0.306 e. The topological polar surface area (TPSA) is 80.9 Å². The monoisotopic (exact) mass is 456 g/mol. The van der Waals surface area contributed by atoms with Crippen LogP contribution in [0.15, 0.2) is 28.4 Å². The first-order valence-corrected chi connectivity index (χ1v) is 11.6. The van der Waals surface area contributed by atoms with Crippen molar-refractivity contribution in [1.82, 2.24) is 9.38 Å². The van der Waals surface area contributed by atoms with Crippen LogP contribution in [0.1, 0.15) is 76.0 Å². The summed E-state index contributed by atoms with van der Waals surface area (Å²) in [7, 11) is 0. The van der Waals surface area contributed by atoms with Crippen LogP contribution in [0.4, 0.5) is 0 Å². The second-order valence-corrected chi connectivity index (χ2v) is 11.1. The van der Waals surface area contributed by atoms with E-state index in [9.17, 15) is 14.7 Å². The van der Waals surface area contributed by atoms with Gasteiger partial charge in [0.05, 0.1) is 5.69 Å². The molecule has 0 amide bonds. The Morgan fingerprint density at radius 2 is 1.69 bits per heavy atom. The summed E-state index contributed by atoms with van der Waals surface area (Å²) in [4.78, 5) is 29.7. The van der Waals surface area contributed by atoms with E-state index < -0.39 is 0 Å². The third-order valence-corrected chi connectivity index (χ3v) is 6.36. The second-order valence-electron chi connectivity index (χ2n) is 10.3. The van der Waals surface area contributed by atoms with Crippen molar-refractivity contribution in [2.75, 3.05) is 0 Å². The zero-order valence-electron chi connectivity index (χ0n) is 19.9. The van der Waals surface area contributed by atoms with Gasteiger partial charge in [0, 0.05) is 23.6 Å². The highest BCUT2D eigenvalue weighted by molar-refractivity contribution is 7.15. The zero-order chi connectivity index (χ0) is 23.8. The lowest BCUT2D eigenvalue weighted by molar-refractivity contribution is -0.145. The molecule has 0 spiro atoms. The fraction of sp³-hybridized carbons (Fsp3) is 0.480. The normalized spacial score (nSPS) is 12.3. The van der Waals surface area contributed by atoms with E-state index in [1.165, 1.54) is 17.4 Å². The lowest BCUT2D eigenvalue weighted by atomic mass is 9.78. The molecule has 1 aromatic carbocycles. The van der Waals surface area contributed by atoms with Crippen molar-refractivity contribution in [3.8, 4) is 5.75 Å². The molecule has 172 valence electrons. The second kappa shape index (κ2) is 8.70. The predicted molar refractivity (Wildman–Crippen MR) is 128 cm³/mol. The average Bonchev–Trinajstić information content (AvgIpc) is 3.05. The lowest BCUT2D eigenvalue weighted by Gasteiger charge is -2.28. The van der Waals surface area contributed by atoms with Crippen LogP contribution < -0.4 is 5.56 Å². The SMILES string of the molecule is Cc1csc2nc(COC(=O)CCc3cc(C(C)(C)C)c(O)c(C(C)(C)C)c3)cc(=O)n12. The summed E-state index contributed by atoms with van der Waals surface area (Å²) >= 11 is 1.38. The highest BCUT2D eigenvalue weighted by atomic mass is 32.1. The Balaban J connectivity index is 1.71. The Kier molecular flexibility index (Phi) is 6.52. The Hall–Kier alpha value is -2.67. The van der Waals surface area contributed by atoms with Gasteiger partial charge in [-0.3, -0.25) is 14.0 Å². The number of esters is 1. The Bertz CT molecular complexity index is 1170.